The van der Waals surface area contributed by atoms with Gasteiger partial charge < -0.3 is 14.6 Å². The Morgan fingerprint density at radius 1 is 1.00 bits per heavy atom. The van der Waals surface area contributed by atoms with Crippen molar-refractivity contribution >= 4 is 27.5 Å². The lowest BCUT2D eigenvalue weighted by atomic mass is 10.1. The van der Waals surface area contributed by atoms with E-state index in [0.29, 0.717) is 5.39 Å². The van der Waals surface area contributed by atoms with Gasteiger partial charge in [0.2, 0.25) is 0 Å². The van der Waals surface area contributed by atoms with Crippen molar-refractivity contribution in [2.75, 3.05) is 4.90 Å². The molecular formula is C18H14NO3S-. The Balaban J connectivity index is 1.76. The van der Waals surface area contributed by atoms with Gasteiger partial charge in [0.05, 0.1) is 0 Å². The quantitative estimate of drug-likeness (QED) is 0.735. The predicted molar refractivity (Wildman–Crippen MR) is 89.1 cm³/mol. The van der Waals surface area contributed by atoms with Gasteiger partial charge in [-0.3, -0.25) is 4.21 Å². The molecular weight excluding hydrogens is 310 g/mol. The predicted octanol–water partition coefficient (Wildman–Crippen LogP) is 3.30. The molecule has 1 unspecified atom stereocenters. The fraction of sp³-hybridized carbons (Fsp3) is 0.111. The van der Waals surface area contributed by atoms with E-state index in [1.165, 1.54) is 17.2 Å². The van der Waals surface area contributed by atoms with E-state index in [1.807, 2.05) is 30.3 Å². The Hall–Kier alpha value is -2.37. The second-order valence-corrected chi connectivity index (χ2v) is 6.65. The summed E-state index contributed by atoms with van der Waals surface area (Å²) in [5.41, 5.74) is 3.64. The van der Waals surface area contributed by atoms with Crippen LogP contribution in [0.5, 0.6) is 5.75 Å². The smallest absolute Gasteiger partial charge is 0.124 e. The summed E-state index contributed by atoms with van der Waals surface area (Å²) in [6.45, 7) is 1.67. The van der Waals surface area contributed by atoms with Crippen molar-refractivity contribution in [3.63, 3.8) is 0 Å². The summed E-state index contributed by atoms with van der Waals surface area (Å²) in [5, 5.41) is 11.4. The third kappa shape index (κ3) is 2.48. The minimum atomic E-state index is -2.36. The van der Waals surface area contributed by atoms with E-state index in [4.69, 9.17) is 0 Å². The van der Waals surface area contributed by atoms with Crippen LogP contribution in [0.2, 0.25) is 0 Å². The first kappa shape index (κ1) is 14.2. The summed E-state index contributed by atoms with van der Waals surface area (Å²) < 4.78 is 22.3. The summed E-state index contributed by atoms with van der Waals surface area (Å²) in [5.74, 6) is -0.0158. The Morgan fingerprint density at radius 2 is 1.70 bits per heavy atom. The second kappa shape index (κ2) is 5.37. The molecule has 3 aromatic rings. The fourth-order valence-electron chi connectivity index (χ4n) is 3.12. The molecule has 1 aliphatic heterocycles. The van der Waals surface area contributed by atoms with Gasteiger partial charge >= 0.3 is 0 Å². The number of phenols is 1. The number of rotatable bonds is 2. The average Bonchev–Trinajstić information content (AvgIpc) is 2.98. The van der Waals surface area contributed by atoms with Gasteiger partial charge in [-0.2, -0.15) is 0 Å². The molecule has 1 aliphatic rings. The van der Waals surface area contributed by atoms with Crippen molar-refractivity contribution in [2.24, 2.45) is 0 Å². The molecule has 4 rings (SSSR count). The largest absolute Gasteiger partial charge is 0.768 e. The van der Waals surface area contributed by atoms with E-state index < -0.39 is 11.1 Å². The van der Waals surface area contributed by atoms with Crippen molar-refractivity contribution in [1.29, 1.82) is 0 Å². The summed E-state index contributed by atoms with van der Waals surface area (Å²) in [7, 11) is 0. The molecule has 0 amide bonds. The number of anilines is 1. The number of aromatic hydroxyl groups is 1. The third-order valence-electron chi connectivity index (χ3n) is 4.29. The number of benzene rings is 3. The van der Waals surface area contributed by atoms with Gasteiger partial charge in [0.15, 0.2) is 0 Å². The number of hydrogen-bond donors (Lipinski definition) is 1. The maximum absolute atomic E-state index is 11.2. The van der Waals surface area contributed by atoms with Gasteiger partial charge in [0, 0.05) is 29.1 Å². The standard InChI is InChI=1S/C18H15NO3S/c20-18-9-16(23(21)22)8-14-7-15(5-6-17(14)18)19-10-12-3-1-2-4-13(12)11-19/h1-9,20H,10-11H2,(H,21,22)/p-1. The third-order valence-corrected chi connectivity index (χ3v) is 4.91. The molecule has 0 fully saturated rings. The highest BCUT2D eigenvalue weighted by Crippen LogP contribution is 2.34. The Kier molecular flexibility index (Phi) is 3.32. The minimum absolute atomic E-state index is 0.0158. The van der Waals surface area contributed by atoms with Crippen LogP contribution in [-0.2, 0) is 24.2 Å². The lowest BCUT2D eigenvalue weighted by Gasteiger charge is -2.19. The van der Waals surface area contributed by atoms with Gasteiger partial charge in [-0.25, -0.2) is 0 Å². The van der Waals surface area contributed by atoms with Gasteiger partial charge in [-0.05, 0) is 57.9 Å². The van der Waals surface area contributed by atoms with Crippen LogP contribution >= 0.6 is 0 Å². The van der Waals surface area contributed by atoms with Crippen LogP contribution in [0.4, 0.5) is 5.69 Å². The summed E-state index contributed by atoms with van der Waals surface area (Å²) in [6, 6.07) is 16.9. The molecule has 116 valence electrons. The van der Waals surface area contributed by atoms with E-state index in [1.54, 1.807) is 6.07 Å². The molecule has 0 saturated heterocycles. The van der Waals surface area contributed by atoms with E-state index in [-0.39, 0.29) is 10.6 Å². The van der Waals surface area contributed by atoms with E-state index in [0.717, 1.165) is 24.2 Å². The highest BCUT2D eigenvalue weighted by molar-refractivity contribution is 7.79. The molecule has 1 heterocycles. The zero-order chi connectivity index (χ0) is 16.0. The van der Waals surface area contributed by atoms with E-state index >= 15 is 0 Å². The maximum atomic E-state index is 11.2. The molecule has 5 heteroatoms. The Labute approximate surface area is 136 Å². The molecule has 0 saturated carbocycles. The number of phenolic OH excluding ortho intramolecular Hbond substituents is 1. The molecule has 4 nitrogen and oxygen atoms in total. The van der Waals surface area contributed by atoms with Crippen molar-refractivity contribution in [3.8, 4) is 5.75 Å². The average molecular weight is 324 g/mol. The molecule has 1 atom stereocenters. The van der Waals surface area contributed by atoms with Gasteiger partial charge in [0.25, 0.3) is 0 Å². The zero-order valence-electron chi connectivity index (χ0n) is 12.2. The lowest BCUT2D eigenvalue weighted by Crippen LogP contribution is -2.14. The summed E-state index contributed by atoms with van der Waals surface area (Å²) >= 11 is -2.36. The van der Waals surface area contributed by atoms with Gasteiger partial charge in [-0.15, -0.1) is 0 Å². The highest BCUT2D eigenvalue weighted by Gasteiger charge is 2.19. The monoisotopic (exact) mass is 324 g/mol. The first-order valence-corrected chi connectivity index (χ1v) is 8.37. The van der Waals surface area contributed by atoms with Crippen LogP contribution in [0.25, 0.3) is 10.8 Å². The topological polar surface area (TPSA) is 63.6 Å². The van der Waals surface area contributed by atoms with Crippen LogP contribution < -0.4 is 4.90 Å². The van der Waals surface area contributed by atoms with E-state index in [2.05, 4.69) is 17.0 Å². The van der Waals surface area contributed by atoms with Crippen LogP contribution in [0.15, 0.2) is 59.5 Å². The van der Waals surface area contributed by atoms with Crippen LogP contribution in [-0.4, -0.2) is 13.9 Å². The lowest BCUT2D eigenvalue weighted by molar-refractivity contribution is 0.479. The van der Waals surface area contributed by atoms with Crippen molar-refractivity contribution in [3.05, 3.63) is 65.7 Å². The van der Waals surface area contributed by atoms with Crippen LogP contribution in [0.3, 0.4) is 0 Å². The molecule has 0 radical (unpaired) electrons. The van der Waals surface area contributed by atoms with E-state index in [9.17, 15) is 13.9 Å². The van der Waals surface area contributed by atoms with Gasteiger partial charge in [-0.1, -0.05) is 24.3 Å². The normalized spacial score (nSPS) is 14.9. The molecule has 3 aromatic carbocycles. The zero-order valence-corrected chi connectivity index (χ0v) is 13.0. The van der Waals surface area contributed by atoms with Crippen LogP contribution in [0, 0.1) is 0 Å². The van der Waals surface area contributed by atoms with Gasteiger partial charge in [0.1, 0.15) is 5.75 Å². The number of hydrogen-bond acceptors (Lipinski definition) is 4. The summed E-state index contributed by atoms with van der Waals surface area (Å²) in [6.07, 6.45) is 0. The maximum Gasteiger partial charge on any atom is 0.124 e. The molecule has 0 spiro atoms. The minimum Gasteiger partial charge on any atom is -0.768 e. The molecule has 0 bridgehead atoms. The second-order valence-electron chi connectivity index (χ2n) is 5.71. The van der Waals surface area contributed by atoms with Crippen molar-refractivity contribution in [1.82, 2.24) is 0 Å². The molecule has 23 heavy (non-hydrogen) atoms. The first-order chi connectivity index (χ1) is 11.1. The van der Waals surface area contributed by atoms with Crippen molar-refractivity contribution in [2.45, 2.75) is 18.0 Å². The highest BCUT2D eigenvalue weighted by atomic mass is 32.2. The summed E-state index contributed by atoms with van der Waals surface area (Å²) in [4.78, 5) is 2.33. The van der Waals surface area contributed by atoms with Crippen molar-refractivity contribution < 1.29 is 13.9 Å². The molecule has 0 aromatic heterocycles. The Bertz CT molecular complexity index is 914. The molecule has 0 aliphatic carbocycles. The number of fused-ring (bicyclic) bond motifs is 2. The fourth-order valence-corrected chi connectivity index (χ4v) is 3.55. The SMILES string of the molecule is O=S([O-])c1cc(O)c2ccc(N3Cc4ccccc4C3)cc2c1. The molecule has 1 N–H and O–H groups in total. The van der Waals surface area contributed by atoms with Crippen LogP contribution in [0.1, 0.15) is 11.1 Å². The first-order valence-electron chi connectivity index (χ1n) is 7.29. The Morgan fingerprint density at radius 3 is 2.35 bits per heavy atom. The number of nitrogens with zero attached hydrogens (tertiary/aromatic N) is 1.